The summed E-state index contributed by atoms with van der Waals surface area (Å²) in [4.78, 5) is 36.3. The summed E-state index contributed by atoms with van der Waals surface area (Å²) in [6.07, 6.45) is 2.58. The van der Waals surface area contributed by atoms with Gasteiger partial charge in [0.15, 0.2) is 11.5 Å². The van der Waals surface area contributed by atoms with Crippen LogP contribution < -0.4 is 24.5 Å². The van der Waals surface area contributed by atoms with Crippen LogP contribution in [0.15, 0.2) is 91.1 Å². The molecule has 59 heavy (non-hydrogen) atoms. The lowest BCUT2D eigenvalue weighted by Gasteiger charge is -2.41. The normalized spacial score (nSPS) is 17.1. The number of anilines is 2. The Bertz CT molecular complexity index is 2590. The van der Waals surface area contributed by atoms with Gasteiger partial charge in [0.2, 0.25) is 12.7 Å². The molecule has 0 saturated carbocycles. The van der Waals surface area contributed by atoms with E-state index in [2.05, 4.69) is 10.3 Å². The predicted octanol–water partition coefficient (Wildman–Crippen LogP) is 6.97. The van der Waals surface area contributed by atoms with Crippen molar-refractivity contribution in [2.24, 2.45) is 7.05 Å². The number of hydrogen-bond donors (Lipinski definition) is 2. The van der Waals surface area contributed by atoms with Gasteiger partial charge in [-0.3, -0.25) is 19.4 Å². The van der Waals surface area contributed by atoms with Crippen molar-refractivity contribution in [3.05, 3.63) is 118 Å². The summed E-state index contributed by atoms with van der Waals surface area (Å²) in [6, 6.07) is 25.4. The topological polar surface area (TPSA) is 123 Å². The number of phenolic OH excluding ortho intramolecular Hbond substituents is 1. The number of ether oxygens (including phenoxy) is 4. The van der Waals surface area contributed by atoms with Crippen molar-refractivity contribution in [1.82, 2.24) is 19.0 Å². The van der Waals surface area contributed by atoms with E-state index in [9.17, 15) is 5.11 Å². The van der Waals surface area contributed by atoms with Crippen molar-refractivity contribution in [3.63, 3.8) is 0 Å². The molecule has 4 aliphatic rings. The molecule has 6 heterocycles. The lowest BCUT2D eigenvalue weighted by molar-refractivity contribution is 0.0193. The minimum absolute atomic E-state index is 0. The summed E-state index contributed by atoms with van der Waals surface area (Å²) in [5.74, 6) is 0.822. The van der Waals surface area contributed by atoms with Crippen LogP contribution in [0.3, 0.4) is 0 Å². The molecule has 1 atom stereocenters. The van der Waals surface area contributed by atoms with Gasteiger partial charge in [-0.1, -0.05) is 29.8 Å². The van der Waals surface area contributed by atoms with Crippen LogP contribution in [0.1, 0.15) is 31.8 Å². The van der Waals surface area contributed by atoms with E-state index in [0.717, 1.165) is 35.1 Å². The molecule has 2 N–H and O–H groups in total. The molecule has 0 unspecified atom stereocenters. The number of aryl methyl sites for hydroxylation is 1. The van der Waals surface area contributed by atoms with Crippen molar-refractivity contribution >= 4 is 58.1 Å². The number of aromatic hydroxyl groups is 1. The van der Waals surface area contributed by atoms with Gasteiger partial charge < -0.3 is 38.9 Å². The Kier molecular flexibility index (Phi) is 10.3. The monoisotopic (exact) mass is 836 g/mol. The maximum atomic E-state index is 15.3. The first-order valence-electron chi connectivity index (χ1n) is 19.4. The second-order valence-corrected chi connectivity index (χ2v) is 15.4. The molecule has 15 heteroatoms. The van der Waals surface area contributed by atoms with Crippen LogP contribution in [0.25, 0.3) is 22.2 Å². The van der Waals surface area contributed by atoms with E-state index < -0.39 is 0 Å². The smallest absolute Gasteiger partial charge is 0.268 e. The number of rotatable bonds is 7. The molecule has 2 aromatic heterocycles. The maximum Gasteiger partial charge on any atom is 0.268 e. The molecule has 2 amide bonds. The van der Waals surface area contributed by atoms with Crippen LogP contribution in [0.2, 0.25) is 5.02 Å². The third-order valence-electron chi connectivity index (χ3n) is 11.5. The highest BCUT2D eigenvalue weighted by Crippen LogP contribution is 2.44. The summed E-state index contributed by atoms with van der Waals surface area (Å²) >= 11 is 6.76. The Hall–Kier alpha value is -5.86. The first-order chi connectivity index (χ1) is 28.3. The van der Waals surface area contributed by atoms with Gasteiger partial charge in [0.25, 0.3) is 11.8 Å². The Balaban J connectivity index is 0.00000449. The van der Waals surface area contributed by atoms with Crippen molar-refractivity contribution in [2.75, 3.05) is 63.1 Å². The quantitative estimate of drug-likeness (QED) is 0.176. The molecule has 6 aromatic rings. The third kappa shape index (κ3) is 6.97. The summed E-state index contributed by atoms with van der Waals surface area (Å²) in [7, 11) is 1.96. The van der Waals surface area contributed by atoms with Crippen LogP contribution in [-0.4, -0.2) is 94.8 Å². The number of nitrogens with one attached hydrogen (secondary N) is 1. The summed E-state index contributed by atoms with van der Waals surface area (Å²) < 4.78 is 27.4. The van der Waals surface area contributed by atoms with Gasteiger partial charge in [-0.05, 0) is 89.7 Å². The molecule has 4 aromatic carbocycles. The van der Waals surface area contributed by atoms with E-state index in [1.165, 1.54) is 0 Å². The van der Waals surface area contributed by atoms with Crippen molar-refractivity contribution in [3.8, 4) is 34.4 Å². The van der Waals surface area contributed by atoms with E-state index in [4.69, 9.17) is 30.5 Å². The zero-order chi connectivity index (χ0) is 39.5. The summed E-state index contributed by atoms with van der Waals surface area (Å²) in [5.41, 5.74) is 9.39. The highest BCUT2D eigenvalue weighted by molar-refractivity contribution is 6.31. The lowest BCUT2D eigenvalue weighted by atomic mass is 9.91. The fourth-order valence-corrected chi connectivity index (χ4v) is 8.82. The first kappa shape index (κ1) is 38.6. The molecular weight excluding hydrogens is 795 g/mol. The van der Waals surface area contributed by atoms with Crippen LogP contribution in [-0.2, 0) is 24.8 Å². The van der Waals surface area contributed by atoms with Crippen LogP contribution in [0.5, 0.6) is 23.1 Å². The van der Waals surface area contributed by atoms with Gasteiger partial charge >= 0.3 is 0 Å². The minimum atomic E-state index is -0.360. The van der Waals surface area contributed by atoms with Gasteiger partial charge in [0, 0.05) is 67.3 Å². The molecule has 1 fully saturated rings. The molecule has 10 rings (SSSR count). The first-order valence-corrected chi connectivity index (χ1v) is 19.8. The molecule has 0 aliphatic carbocycles. The Morgan fingerprint density at radius 2 is 1.68 bits per heavy atom. The summed E-state index contributed by atoms with van der Waals surface area (Å²) in [5, 5.41) is 11.9. The number of nitrogens with zero attached hydrogens (tertiary/aromatic N) is 5. The van der Waals surface area contributed by atoms with Crippen LogP contribution in [0, 0.1) is 0 Å². The standard InChI is InChI=1S/C44H41ClN6O7.ClH/c1-47-13-11-27-5-6-30(20-38(27)47)50(29-7-9-32(52)10-8-29)43(54)36-21-39(51-44(36)56-16-12-46-51)34-22-40-41(58-26-57-40)23-35(34)42(53)49-24-28-3-2-4-37(45)33(28)19-31(49)25-48-14-17-55-18-15-48;/h2-11,13,20-23,31,46,52H,12,14-19,24-26H2,1H3;1H/t31-;/m0./s1. The van der Waals surface area contributed by atoms with Gasteiger partial charge in [-0.15, -0.1) is 12.4 Å². The number of carbonyl (C=O) groups is 2. The number of morpholine rings is 1. The van der Waals surface area contributed by atoms with Crippen molar-refractivity contribution in [2.45, 2.75) is 19.0 Å². The largest absolute Gasteiger partial charge is 0.508 e. The average Bonchev–Trinajstić information content (AvgIpc) is 3.98. The number of carbonyl (C=O) groups excluding carboxylic acids is 2. The van der Waals surface area contributed by atoms with E-state index in [0.29, 0.717) is 96.5 Å². The zero-order valence-corrected chi connectivity index (χ0v) is 33.8. The highest BCUT2D eigenvalue weighted by atomic mass is 35.5. The number of phenols is 1. The molecule has 304 valence electrons. The van der Waals surface area contributed by atoms with Crippen LogP contribution >= 0.6 is 24.0 Å². The van der Waals surface area contributed by atoms with E-state index in [-0.39, 0.29) is 48.4 Å². The van der Waals surface area contributed by atoms with Crippen LogP contribution in [0.4, 0.5) is 11.4 Å². The molecule has 0 spiro atoms. The third-order valence-corrected chi connectivity index (χ3v) is 11.9. The predicted molar refractivity (Wildman–Crippen MR) is 227 cm³/mol. The highest BCUT2D eigenvalue weighted by Gasteiger charge is 2.37. The Morgan fingerprint density at radius 3 is 2.49 bits per heavy atom. The second kappa shape index (κ2) is 15.7. The fourth-order valence-electron chi connectivity index (χ4n) is 8.55. The molecule has 4 aliphatic heterocycles. The van der Waals surface area contributed by atoms with E-state index >= 15 is 9.59 Å². The Morgan fingerprint density at radius 1 is 0.898 bits per heavy atom. The van der Waals surface area contributed by atoms with Gasteiger partial charge in [-0.2, -0.15) is 0 Å². The van der Waals surface area contributed by atoms with E-state index in [1.54, 1.807) is 46.0 Å². The molecular formula is C44H42Cl2N6O7. The molecule has 0 bridgehead atoms. The SMILES string of the molecule is Cl.Cn1ccc2ccc(N(C(=O)c3cc(-c4cc5c(cc4C(=O)N4Cc6cccc(Cl)c6C[C@H]4CN4CCOCC4)OCO5)n4c3OCCN4)c3ccc(O)cc3)cc21. The van der Waals surface area contributed by atoms with Gasteiger partial charge in [0.05, 0.1) is 36.7 Å². The lowest BCUT2D eigenvalue weighted by Crippen LogP contribution is -2.52. The number of amides is 2. The second-order valence-electron chi connectivity index (χ2n) is 15.0. The number of fused-ring (bicyclic) bond motifs is 4. The molecule has 1 saturated heterocycles. The fraction of sp³-hybridized carbons (Fsp3) is 0.273. The van der Waals surface area contributed by atoms with E-state index in [1.807, 2.05) is 71.2 Å². The minimum Gasteiger partial charge on any atom is -0.508 e. The van der Waals surface area contributed by atoms with Gasteiger partial charge in [-0.25, -0.2) is 4.68 Å². The zero-order valence-electron chi connectivity index (χ0n) is 32.2. The maximum absolute atomic E-state index is 15.3. The number of benzene rings is 4. The summed E-state index contributed by atoms with van der Waals surface area (Å²) in [6.45, 7) is 4.70. The van der Waals surface area contributed by atoms with Crippen molar-refractivity contribution < 1.29 is 33.6 Å². The van der Waals surface area contributed by atoms with Crippen molar-refractivity contribution in [1.29, 1.82) is 0 Å². The average molecular weight is 838 g/mol. The Labute approximate surface area is 351 Å². The molecule has 13 nitrogen and oxygen atoms in total. The molecule has 0 radical (unpaired) electrons. The number of halogens is 2. The van der Waals surface area contributed by atoms with Gasteiger partial charge in [0.1, 0.15) is 17.9 Å². The number of aromatic nitrogens is 2. The number of hydrogen-bond acceptors (Lipinski definition) is 9.